The van der Waals surface area contributed by atoms with Gasteiger partial charge < -0.3 is 10.1 Å². The summed E-state index contributed by atoms with van der Waals surface area (Å²) in [6, 6.07) is 0. The number of carbonyl (C=O) groups is 1. The van der Waals surface area contributed by atoms with Crippen molar-refractivity contribution in [2.45, 2.75) is 19.3 Å². The van der Waals surface area contributed by atoms with Crippen molar-refractivity contribution in [1.82, 2.24) is 9.62 Å². The molecule has 1 aliphatic rings. The van der Waals surface area contributed by atoms with Crippen molar-refractivity contribution < 1.29 is 17.9 Å². The number of carbonyl (C=O) groups excluding carboxylic acids is 1. The van der Waals surface area contributed by atoms with Gasteiger partial charge in [0.05, 0.1) is 12.2 Å². The molecule has 1 saturated heterocycles. The zero-order chi connectivity index (χ0) is 13.6. The fraction of sp³-hybridized carbons (Fsp3) is 0.909. The molecule has 0 radical (unpaired) electrons. The van der Waals surface area contributed by atoms with Crippen LogP contribution in [-0.4, -0.2) is 58.2 Å². The van der Waals surface area contributed by atoms with Gasteiger partial charge in [0, 0.05) is 33.4 Å². The molecule has 0 aromatic carbocycles. The Morgan fingerprint density at radius 3 is 2.83 bits per heavy atom. The minimum Gasteiger partial charge on any atom is -0.385 e. The minimum atomic E-state index is -3.19. The van der Waals surface area contributed by atoms with Crippen LogP contribution in [0.25, 0.3) is 0 Å². The molecule has 106 valence electrons. The van der Waals surface area contributed by atoms with Crippen LogP contribution in [0, 0.1) is 5.92 Å². The van der Waals surface area contributed by atoms with Gasteiger partial charge >= 0.3 is 0 Å². The first-order valence-electron chi connectivity index (χ1n) is 6.17. The van der Waals surface area contributed by atoms with Gasteiger partial charge in [-0.05, 0) is 19.3 Å². The molecule has 0 aromatic heterocycles. The second-order valence-corrected chi connectivity index (χ2v) is 6.58. The molecule has 0 saturated carbocycles. The molecule has 1 aliphatic heterocycles. The number of piperidine rings is 1. The van der Waals surface area contributed by atoms with Gasteiger partial charge in [-0.1, -0.05) is 0 Å². The van der Waals surface area contributed by atoms with Gasteiger partial charge in [-0.15, -0.1) is 0 Å². The van der Waals surface area contributed by atoms with E-state index in [4.69, 9.17) is 4.74 Å². The van der Waals surface area contributed by atoms with Crippen molar-refractivity contribution in [3.05, 3.63) is 0 Å². The smallest absolute Gasteiger partial charge is 0.224 e. The average Bonchev–Trinajstić information content (AvgIpc) is 2.33. The Morgan fingerprint density at radius 1 is 1.50 bits per heavy atom. The standard InChI is InChI=1S/C11H22N2O4S/c1-17-8-4-6-12-11(14)10-5-3-7-13(9-10)18(2,15)16/h10H,3-9H2,1-2H3,(H,12,14)/t10-/m0/s1. The lowest BCUT2D eigenvalue weighted by atomic mass is 9.99. The third-order valence-corrected chi connectivity index (χ3v) is 4.32. The van der Waals surface area contributed by atoms with Gasteiger partial charge in [-0.25, -0.2) is 12.7 Å². The molecule has 6 nitrogen and oxygen atoms in total. The summed E-state index contributed by atoms with van der Waals surface area (Å²) >= 11 is 0. The van der Waals surface area contributed by atoms with E-state index in [9.17, 15) is 13.2 Å². The number of hydrogen-bond donors (Lipinski definition) is 1. The van der Waals surface area contributed by atoms with Crippen LogP contribution in [0.4, 0.5) is 0 Å². The fourth-order valence-electron chi connectivity index (χ4n) is 2.03. The molecule has 0 aliphatic carbocycles. The highest BCUT2D eigenvalue weighted by Crippen LogP contribution is 2.18. The summed E-state index contributed by atoms with van der Waals surface area (Å²) in [5, 5.41) is 2.82. The second-order valence-electron chi connectivity index (χ2n) is 4.60. The number of nitrogens with zero attached hydrogens (tertiary/aromatic N) is 1. The van der Waals surface area contributed by atoms with Gasteiger partial charge in [-0.2, -0.15) is 0 Å². The van der Waals surface area contributed by atoms with Crippen molar-refractivity contribution in [2.24, 2.45) is 5.92 Å². The molecule has 0 aromatic rings. The molecular weight excluding hydrogens is 256 g/mol. The van der Waals surface area contributed by atoms with E-state index in [2.05, 4.69) is 5.32 Å². The van der Waals surface area contributed by atoms with Crippen molar-refractivity contribution >= 4 is 15.9 Å². The number of nitrogens with one attached hydrogen (secondary N) is 1. The van der Waals surface area contributed by atoms with Crippen molar-refractivity contribution in [3.63, 3.8) is 0 Å². The van der Waals surface area contributed by atoms with Gasteiger partial charge in [0.25, 0.3) is 0 Å². The lowest BCUT2D eigenvalue weighted by Gasteiger charge is -2.30. The second kappa shape index (κ2) is 7.06. The normalized spacial score (nSPS) is 21.8. The number of methoxy groups -OCH3 is 1. The molecule has 1 atom stereocenters. The Labute approximate surface area is 109 Å². The minimum absolute atomic E-state index is 0.0561. The molecule has 0 unspecified atom stereocenters. The fourth-order valence-corrected chi connectivity index (χ4v) is 2.94. The van der Waals surface area contributed by atoms with E-state index in [-0.39, 0.29) is 11.8 Å². The monoisotopic (exact) mass is 278 g/mol. The maximum absolute atomic E-state index is 11.9. The molecule has 1 N–H and O–H groups in total. The van der Waals surface area contributed by atoms with Crippen LogP contribution < -0.4 is 5.32 Å². The van der Waals surface area contributed by atoms with Gasteiger partial charge in [0.1, 0.15) is 0 Å². The molecule has 1 amide bonds. The highest BCUT2D eigenvalue weighted by Gasteiger charge is 2.29. The number of rotatable bonds is 6. The first kappa shape index (κ1) is 15.4. The molecule has 1 heterocycles. The summed E-state index contributed by atoms with van der Waals surface area (Å²) in [6.07, 6.45) is 3.45. The van der Waals surface area contributed by atoms with Crippen molar-refractivity contribution in [1.29, 1.82) is 0 Å². The maximum atomic E-state index is 11.9. The predicted molar refractivity (Wildman–Crippen MR) is 68.6 cm³/mol. The molecule has 7 heteroatoms. The molecule has 0 bridgehead atoms. The van der Waals surface area contributed by atoms with Crippen molar-refractivity contribution in [2.75, 3.05) is 39.6 Å². The van der Waals surface area contributed by atoms with Crippen LogP contribution in [-0.2, 0) is 19.6 Å². The highest BCUT2D eigenvalue weighted by molar-refractivity contribution is 7.88. The summed E-state index contributed by atoms with van der Waals surface area (Å²) in [4.78, 5) is 11.9. The van der Waals surface area contributed by atoms with E-state index < -0.39 is 10.0 Å². The van der Waals surface area contributed by atoms with Gasteiger partial charge in [0.15, 0.2) is 0 Å². The van der Waals surface area contributed by atoms with E-state index >= 15 is 0 Å². The van der Waals surface area contributed by atoms with Crippen LogP contribution in [0.3, 0.4) is 0 Å². The van der Waals surface area contributed by atoms with Gasteiger partial charge in [0.2, 0.25) is 15.9 Å². The molecular formula is C11H22N2O4S. The summed E-state index contributed by atoms with van der Waals surface area (Å²) in [5.41, 5.74) is 0. The Hall–Kier alpha value is -0.660. The number of hydrogen-bond acceptors (Lipinski definition) is 4. The maximum Gasteiger partial charge on any atom is 0.224 e. The van der Waals surface area contributed by atoms with E-state index in [0.717, 1.165) is 19.3 Å². The third kappa shape index (κ3) is 4.91. The van der Waals surface area contributed by atoms with Crippen molar-refractivity contribution in [3.8, 4) is 0 Å². The van der Waals surface area contributed by atoms with Crippen LogP contribution in [0.5, 0.6) is 0 Å². The van der Waals surface area contributed by atoms with Gasteiger partial charge in [-0.3, -0.25) is 4.79 Å². The van der Waals surface area contributed by atoms with E-state index in [1.807, 2.05) is 0 Å². The van der Waals surface area contributed by atoms with Crippen LogP contribution in [0.1, 0.15) is 19.3 Å². The Bertz CT molecular complexity index is 369. The number of sulfonamides is 1. The summed E-state index contributed by atoms with van der Waals surface area (Å²) < 4.78 is 29.1. The highest BCUT2D eigenvalue weighted by atomic mass is 32.2. The topological polar surface area (TPSA) is 75.7 Å². The molecule has 1 rings (SSSR count). The first-order valence-corrected chi connectivity index (χ1v) is 8.01. The Morgan fingerprint density at radius 2 is 2.22 bits per heavy atom. The molecule has 0 spiro atoms. The average molecular weight is 278 g/mol. The molecule has 18 heavy (non-hydrogen) atoms. The van der Waals surface area contributed by atoms with Crippen LogP contribution in [0.15, 0.2) is 0 Å². The van der Waals surface area contributed by atoms with E-state index in [1.54, 1.807) is 7.11 Å². The first-order chi connectivity index (χ1) is 8.45. The number of amides is 1. The van der Waals surface area contributed by atoms with Crippen LogP contribution >= 0.6 is 0 Å². The zero-order valence-electron chi connectivity index (χ0n) is 11.0. The lowest BCUT2D eigenvalue weighted by molar-refractivity contribution is -0.126. The van der Waals surface area contributed by atoms with E-state index in [1.165, 1.54) is 10.6 Å². The quantitative estimate of drug-likeness (QED) is 0.683. The Balaban J connectivity index is 2.39. The van der Waals surface area contributed by atoms with E-state index in [0.29, 0.717) is 26.2 Å². The molecule has 1 fully saturated rings. The predicted octanol–water partition coefficient (Wildman–Crippen LogP) is -0.189. The largest absolute Gasteiger partial charge is 0.385 e. The summed E-state index contributed by atoms with van der Waals surface area (Å²) in [7, 11) is -1.57. The summed E-state index contributed by atoms with van der Waals surface area (Å²) in [6.45, 7) is 2.00. The summed E-state index contributed by atoms with van der Waals surface area (Å²) in [5.74, 6) is -0.282. The Kier molecular flexibility index (Phi) is 6.04. The number of ether oxygens (including phenoxy) is 1. The van der Waals surface area contributed by atoms with Crippen LogP contribution in [0.2, 0.25) is 0 Å². The third-order valence-electron chi connectivity index (χ3n) is 3.05. The SMILES string of the molecule is COCCCNC(=O)[C@H]1CCCN(S(C)(=O)=O)C1. The zero-order valence-corrected chi connectivity index (χ0v) is 11.8. The lowest BCUT2D eigenvalue weighted by Crippen LogP contribution is -2.45.